The van der Waals surface area contributed by atoms with Crippen molar-refractivity contribution < 1.29 is 14.4 Å². The zero-order valence-corrected chi connectivity index (χ0v) is 18.8. The van der Waals surface area contributed by atoms with Crippen molar-refractivity contribution in [2.75, 3.05) is 26.2 Å². The fraction of sp³-hybridized carbons (Fsp3) is 0.185. The molecule has 2 aromatic carbocycles. The van der Waals surface area contributed by atoms with Crippen molar-refractivity contribution in [1.29, 1.82) is 0 Å². The standard InChI is InChI=1S/C27H24N4O3/c1-18-10-11-20(22-9-5-6-12-28-22)24-23(18)21(17-29-24)25(32)27(34)31-15-13-30(14-16-31)26(33)19-7-3-2-4-8-19/h2-12,17,29H,13-16H2,1H3. The van der Waals surface area contributed by atoms with Gasteiger partial charge in [-0.1, -0.05) is 36.4 Å². The lowest BCUT2D eigenvalue weighted by atomic mass is 9.99. The Labute approximate surface area is 197 Å². The molecule has 1 saturated heterocycles. The van der Waals surface area contributed by atoms with Crippen LogP contribution in [0.1, 0.15) is 26.3 Å². The Kier molecular flexibility index (Phi) is 5.67. The third kappa shape index (κ3) is 3.85. The Balaban J connectivity index is 1.35. The van der Waals surface area contributed by atoms with Crippen molar-refractivity contribution in [3.05, 3.63) is 89.7 Å². The number of carbonyl (C=O) groups excluding carboxylic acids is 3. The maximum absolute atomic E-state index is 13.2. The van der Waals surface area contributed by atoms with Gasteiger partial charge in [0.25, 0.3) is 17.6 Å². The molecule has 0 aliphatic carbocycles. The number of nitrogens with one attached hydrogen (secondary N) is 1. The van der Waals surface area contributed by atoms with E-state index in [1.54, 1.807) is 29.4 Å². The van der Waals surface area contributed by atoms with E-state index >= 15 is 0 Å². The third-order valence-electron chi connectivity index (χ3n) is 6.30. The van der Waals surface area contributed by atoms with Gasteiger partial charge in [0.05, 0.1) is 16.8 Å². The summed E-state index contributed by atoms with van der Waals surface area (Å²) in [4.78, 5) is 49.9. The van der Waals surface area contributed by atoms with Crippen LogP contribution in [0.3, 0.4) is 0 Å². The monoisotopic (exact) mass is 452 g/mol. The van der Waals surface area contributed by atoms with Gasteiger partial charge in [-0.15, -0.1) is 0 Å². The molecule has 0 spiro atoms. The van der Waals surface area contributed by atoms with Gasteiger partial charge in [0.1, 0.15) is 0 Å². The van der Waals surface area contributed by atoms with E-state index in [0.717, 1.165) is 27.7 Å². The average molecular weight is 453 g/mol. The summed E-state index contributed by atoms with van der Waals surface area (Å²) in [5.74, 6) is -1.15. The van der Waals surface area contributed by atoms with Gasteiger partial charge >= 0.3 is 0 Å². The number of nitrogens with zero attached hydrogens (tertiary/aromatic N) is 3. The Morgan fingerprint density at radius 1 is 0.853 bits per heavy atom. The first kappa shape index (κ1) is 21.6. The Morgan fingerprint density at radius 2 is 1.56 bits per heavy atom. The molecule has 170 valence electrons. The number of hydrogen-bond donors (Lipinski definition) is 1. The van der Waals surface area contributed by atoms with Crippen LogP contribution < -0.4 is 0 Å². The molecule has 0 unspecified atom stereocenters. The lowest BCUT2D eigenvalue weighted by Crippen LogP contribution is -2.52. The van der Waals surface area contributed by atoms with Crippen molar-refractivity contribution >= 4 is 28.5 Å². The fourth-order valence-corrected chi connectivity index (χ4v) is 4.47. The number of benzene rings is 2. The van der Waals surface area contributed by atoms with Crippen molar-refractivity contribution in [2.45, 2.75) is 6.92 Å². The summed E-state index contributed by atoms with van der Waals surface area (Å²) in [6, 6.07) is 18.7. The minimum Gasteiger partial charge on any atom is -0.360 e. The van der Waals surface area contributed by atoms with E-state index in [1.165, 1.54) is 4.90 Å². The van der Waals surface area contributed by atoms with Gasteiger partial charge < -0.3 is 14.8 Å². The summed E-state index contributed by atoms with van der Waals surface area (Å²) in [6.07, 6.45) is 3.33. The topological polar surface area (TPSA) is 86.4 Å². The SMILES string of the molecule is Cc1ccc(-c2ccccn2)c2[nH]cc(C(=O)C(=O)N3CCN(C(=O)c4ccccc4)CC3)c12. The molecule has 2 aromatic heterocycles. The van der Waals surface area contributed by atoms with Crippen molar-refractivity contribution in [3.8, 4) is 11.3 Å². The number of H-pyrrole nitrogens is 1. The number of aryl methyl sites for hydroxylation is 1. The van der Waals surface area contributed by atoms with E-state index in [4.69, 9.17) is 0 Å². The molecule has 1 fully saturated rings. The minimum absolute atomic E-state index is 0.0617. The van der Waals surface area contributed by atoms with Gasteiger partial charge in [-0.2, -0.15) is 0 Å². The molecule has 1 aliphatic rings. The predicted octanol–water partition coefficient (Wildman–Crippen LogP) is 3.71. The van der Waals surface area contributed by atoms with Crippen LogP contribution in [0.4, 0.5) is 0 Å². The number of rotatable bonds is 4. The molecule has 7 heteroatoms. The summed E-state index contributed by atoms with van der Waals surface area (Å²) in [5, 5.41) is 0.736. The predicted molar refractivity (Wildman–Crippen MR) is 130 cm³/mol. The molecule has 34 heavy (non-hydrogen) atoms. The number of fused-ring (bicyclic) bond motifs is 1. The molecule has 1 N–H and O–H groups in total. The molecule has 0 radical (unpaired) electrons. The van der Waals surface area contributed by atoms with Gasteiger partial charge in [-0.3, -0.25) is 19.4 Å². The highest BCUT2D eigenvalue weighted by Crippen LogP contribution is 2.31. The van der Waals surface area contributed by atoms with Crippen LogP contribution in [0.15, 0.2) is 73.1 Å². The van der Waals surface area contributed by atoms with Gasteiger partial charge in [0.15, 0.2) is 0 Å². The Morgan fingerprint density at radius 3 is 2.26 bits per heavy atom. The van der Waals surface area contributed by atoms with E-state index in [1.807, 2.05) is 55.5 Å². The van der Waals surface area contributed by atoms with Gasteiger partial charge in [-0.05, 0) is 36.8 Å². The average Bonchev–Trinajstić information content (AvgIpc) is 3.35. The second kappa shape index (κ2) is 8.94. The van der Waals surface area contributed by atoms with Crippen LogP contribution in [-0.4, -0.2) is 63.5 Å². The van der Waals surface area contributed by atoms with Crippen LogP contribution in [-0.2, 0) is 4.79 Å². The van der Waals surface area contributed by atoms with Crippen LogP contribution in [0.2, 0.25) is 0 Å². The number of ketones is 1. The molecular formula is C27H24N4O3. The molecule has 7 nitrogen and oxygen atoms in total. The number of piperazine rings is 1. The summed E-state index contributed by atoms with van der Waals surface area (Å²) >= 11 is 0. The fourth-order valence-electron chi connectivity index (χ4n) is 4.47. The van der Waals surface area contributed by atoms with Gasteiger partial charge in [0, 0.05) is 55.1 Å². The highest BCUT2D eigenvalue weighted by atomic mass is 16.2. The normalized spacial score (nSPS) is 13.8. The highest BCUT2D eigenvalue weighted by Gasteiger charge is 2.30. The van der Waals surface area contributed by atoms with Gasteiger partial charge in [-0.25, -0.2) is 0 Å². The second-order valence-corrected chi connectivity index (χ2v) is 8.38. The molecule has 1 aliphatic heterocycles. The minimum atomic E-state index is -0.546. The molecule has 0 atom stereocenters. The summed E-state index contributed by atoms with van der Waals surface area (Å²) in [7, 11) is 0. The number of aromatic amines is 1. The van der Waals surface area contributed by atoms with Gasteiger partial charge in [0.2, 0.25) is 0 Å². The Bertz CT molecular complexity index is 1370. The molecule has 3 heterocycles. The molecule has 2 amide bonds. The summed E-state index contributed by atoms with van der Waals surface area (Å²) < 4.78 is 0. The van der Waals surface area contributed by atoms with Crippen molar-refractivity contribution in [1.82, 2.24) is 19.8 Å². The molecule has 0 bridgehead atoms. The van der Waals surface area contributed by atoms with E-state index in [-0.39, 0.29) is 5.91 Å². The van der Waals surface area contributed by atoms with E-state index < -0.39 is 11.7 Å². The maximum atomic E-state index is 13.2. The first-order valence-corrected chi connectivity index (χ1v) is 11.2. The molecular weight excluding hydrogens is 428 g/mol. The van der Waals surface area contributed by atoms with E-state index in [9.17, 15) is 14.4 Å². The first-order chi connectivity index (χ1) is 16.5. The number of Topliss-reactive ketones (excluding diaryl/α,β-unsaturated/α-hetero) is 1. The maximum Gasteiger partial charge on any atom is 0.295 e. The smallest absolute Gasteiger partial charge is 0.295 e. The van der Waals surface area contributed by atoms with E-state index in [2.05, 4.69) is 9.97 Å². The number of amides is 2. The van der Waals surface area contributed by atoms with Crippen LogP contribution in [0.25, 0.3) is 22.2 Å². The number of hydrogen-bond acceptors (Lipinski definition) is 4. The lowest BCUT2D eigenvalue weighted by Gasteiger charge is -2.34. The first-order valence-electron chi connectivity index (χ1n) is 11.2. The van der Waals surface area contributed by atoms with E-state index in [0.29, 0.717) is 37.3 Å². The van der Waals surface area contributed by atoms with Crippen molar-refractivity contribution in [3.63, 3.8) is 0 Å². The number of pyridine rings is 1. The molecule has 4 aromatic rings. The number of carbonyl (C=O) groups is 3. The van der Waals surface area contributed by atoms with Crippen LogP contribution in [0, 0.1) is 6.92 Å². The van der Waals surface area contributed by atoms with Crippen LogP contribution in [0.5, 0.6) is 0 Å². The second-order valence-electron chi connectivity index (χ2n) is 8.38. The van der Waals surface area contributed by atoms with Crippen LogP contribution >= 0.6 is 0 Å². The zero-order chi connectivity index (χ0) is 23.7. The summed E-state index contributed by atoms with van der Waals surface area (Å²) in [5.41, 5.74) is 4.34. The molecule has 5 rings (SSSR count). The largest absolute Gasteiger partial charge is 0.360 e. The lowest BCUT2D eigenvalue weighted by molar-refractivity contribution is -0.127. The van der Waals surface area contributed by atoms with Crippen molar-refractivity contribution in [2.24, 2.45) is 0 Å². The Hall–Kier alpha value is -4.26. The highest BCUT2D eigenvalue weighted by molar-refractivity contribution is 6.45. The molecule has 0 saturated carbocycles. The summed E-state index contributed by atoms with van der Waals surface area (Å²) in [6.45, 7) is 3.36. The third-order valence-corrected chi connectivity index (χ3v) is 6.30. The quantitative estimate of drug-likeness (QED) is 0.378. The zero-order valence-electron chi connectivity index (χ0n) is 18.8. The number of aromatic nitrogens is 2.